The molecule has 154 valence electrons. The SMILES string of the molecule is CC(C)(C)OC(=O)N1CCC(C(=O)Nc2ccc(N3CCOCC3)cc2)CC1. The minimum absolute atomic E-state index is 0.0166. The fourth-order valence-electron chi connectivity index (χ4n) is 3.47. The number of carbonyl (C=O) groups excluding carboxylic acids is 2. The maximum atomic E-state index is 12.6. The van der Waals surface area contributed by atoms with Gasteiger partial charge in [0, 0.05) is 43.5 Å². The second-order valence-electron chi connectivity index (χ2n) is 8.38. The zero-order valence-corrected chi connectivity index (χ0v) is 17.1. The highest BCUT2D eigenvalue weighted by Gasteiger charge is 2.30. The number of amides is 2. The molecular formula is C21H31N3O4. The third-order valence-electron chi connectivity index (χ3n) is 5.03. The molecule has 7 heteroatoms. The molecule has 2 fully saturated rings. The van der Waals surface area contributed by atoms with E-state index in [9.17, 15) is 9.59 Å². The predicted octanol–water partition coefficient (Wildman–Crippen LogP) is 3.11. The standard InChI is InChI=1S/C21H31N3O4/c1-21(2,3)28-20(26)24-10-8-16(9-11-24)19(25)22-17-4-6-18(7-5-17)23-12-14-27-15-13-23/h4-7,16H,8-15H2,1-3H3,(H,22,25). The lowest BCUT2D eigenvalue weighted by atomic mass is 9.96. The third-order valence-corrected chi connectivity index (χ3v) is 5.03. The first-order chi connectivity index (χ1) is 13.3. The van der Waals surface area contributed by atoms with Crippen molar-refractivity contribution in [3.63, 3.8) is 0 Å². The number of rotatable bonds is 3. The lowest BCUT2D eigenvalue weighted by Gasteiger charge is -2.33. The number of benzene rings is 1. The Morgan fingerprint density at radius 3 is 2.21 bits per heavy atom. The zero-order chi connectivity index (χ0) is 20.1. The number of hydrogen-bond donors (Lipinski definition) is 1. The Morgan fingerprint density at radius 1 is 1.04 bits per heavy atom. The Balaban J connectivity index is 1.47. The van der Waals surface area contributed by atoms with E-state index in [-0.39, 0.29) is 17.9 Å². The van der Waals surface area contributed by atoms with Crippen LogP contribution in [0.2, 0.25) is 0 Å². The van der Waals surface area contributed by atoms with Gasteiger partial charge in [-0.2, -0.15) is 0 Å². The first kappa shape index (κ1) is 20.5. The molecule has 0 aliphatic carbocycles. The molecule has 2 aliphatic heterocycles. The molecule has 3 rings (SSSR count). The van der Waals surface area contributed by atoms with Crippen molar-refractivity contribution < 1.29 is 19.1 Å². The van der Waals surface area contributed by atoms with E-state index >= 15 is 0 Å². The first-order valence-electron chi connectivity index (χ1n) is 10.0. The van der Waals surface area contributed by atoms with Gasteiger partial charge in [-0.25, -0.2) is 4.79 Å². The van der Waals surface area contributed by atoms with E-state index in [0.717, 1.165) is 37.7 Å². The molecule has 0 radical (unpaired) electrons. The van der Waals surface area contributed by atoms with E-state index in [1.165, 1.54) is 0 Å². The fourth-order valence-corrected chi connectivity index (χ4v) is 3.47. The smallest absolute Gasteiger partial charge is 0.410 e. The number of anilines is 2. The lowest BCUT2D eigenvalue weighted by molar-refractivity contribution is -0.121. The molecule has 0 saturated carbocycles. The summed E-state index contributed by atoms with van der Waals surface area (Å²) in [5.41, 5.74) is 1.45. The molecule has 0 unspecified atom stereocenters. The monoisotopic (exact) mass is 389 g/mol. The number of carbonyl (C=O) groups is 2. The third kappa shape index (κ3) is 5.61. The van der Waals surface area contributed by atoms with Crippen LogP contribution in [0.5, 0.6) is 0 Å². The Labute approximate surface area is 167 Å². The van der Waals surface area contributed by atoms with E-state index < -0.39 is 5.60 Å². The second kappa shape index (κ2) is 8.82. The molecule has 0 spiro atoms. The topological polar surface area (TPSA) is 71.1 Å². The van der Waals surface area contributed by atoms with Crippen molar-refractivity contribution in [2.45, 2.75) is 39.2 Å². The summed E-state index contributed by atoms with van der Waals surface area (Å²) >= 11 is 0. The van der Waals surface area contributed by atoms with Crippen molar-refractivity contribution in [1.29, 1.82) is 0 Å². The summed E-state index contributed by atoms with van der Waals surface area (Å²) in [4.78, 5) is 28.7. The van der Waals surface area contributed by atoms with Crippen molar-refractivity contribution in [3.8, 4) is 0 Å². The van der Waals surface area contributed by atoms with Gasteiger partial charge in [0.15, 0.2) is 0 Å². The van der Waals surface area contributed by atoms with Crippen LogP contribution in [0.3, 0.4) is 0 Å². The summed E-state index contributed by atoms with van der Waals surface area (Å²) in [5.74, 6) is -0.0689. The van der Waals surface area contributed by atoms with E-state index in [0.29, 0.717) is 25.9 Å². The Morgan fingerprint density at radius 2 is 1.64 bits per heavy atom. The quantitative estimate of drug-likeness (QED) is 0.860. The van der Waals surface area contributed by atoms with Crippen LogP contribution in [0.15, 0.2) is 24.3 Å². The molecule has 2 aliphatic rings. The molecule has 2 saturated heterocycles. The van der Waals surface area contributed by atoms with Crippen molar-refractivity contribution >= 4 is 23.4 Å². The van der Waals surface area contributed by atoms with Gasteiger partial charge in [0.05, 0.1) is 13.2 Å². The minimum atomic E-state index is -0.501. The van der Waals surface area contributed by atoms with E-state index in [1.54, 1.807) is 4.90 Å². The van der Waals surface area contributed by atoms with Gasteiger partial charge >= 0.3 is 6.09 Å². The molecule has 7 nitrogen and oxygen atoms in total. The van der Waals surface area contributed by atoms with Gasteiger partial charge in [-0.1, -0.05) is 0 Å². The Hall–Kier alpha value is -2.28. The van der Waals surface area contributed by atoms with Gasteiger partial charge in [0.2, 0.25) is 5.91 Å². The van der Waals surface area contributed by atoms with Crippen molar-refractivity contribution in [2.75, 3.05) is 49.6 Å². The van der Waals surface area contributed by atoms with Gasteiger partial charge in [0.1, 0.15) is 5.60 Å². The summed E-state index contributed by atoms with van der Waals surface area (Å²) in [6.45, 7) is 9.94. The van der Waals surface area contributed by atoms with Crippen LogP contribution in [0.4, 0.5) is 16.2 Å². The number of ether oxygens (including phenoxy) is 2. The summed E-state index contributed by atoms with van der Waals surface area (Å²) in [7, 11) is 0. The molecule has 1 aromatic carbocycles. The molecule has 1 aromatic rings. The number of likely N-dealkylation sites (tertiary alicyclic amines) is 1. The molecule has 0 bridgehead atoms. The molecule has 2 heterocycles. The molecule has 0 aromatic heterocycles. The second-order valence-corrected chi connectivity index (χ2v) is 8.38. The van der Waals surface area contributed by atoms with Gasteiger partial charge in [-0.3, -0.25) is 4.79 Å². The number of nitrogens with zero attached hydrogens (tertiary/aromatic N) is 2. The normalized spacial score (nSPS) is 18.7. The van der Waals surface area contributed by atoms with E-state index in [1.807, 2.05) is 45.0 Å². The van der Waals surface area contributed by atoms with Crippen molar-refractivity contribution in [2.24, 2.45) is 5.92 Å². The van der Waals surface area contributed by atoms with Crippen LogP contribution in [0.25, 0.3) is 0 Å². The number of nitrogens with one attached hydrogen (secondary N) is 1. The van der Waals surface area contributed by atoms with E-state index in [2.05, 4.69) is 10.2 Å². The van der Waals surface area contributed by atoms with Crippen LogP contribution >= 0.6 is 0 Å². The number of morpholine rings is 1. The van der Waals surface area contributed by atoms with Crippen LogP contribution in [0.1, 0.15) is 33.6 Å². The fraction of sp³-hybridized carbons (Fsp3) is 0.619. The average molecular weight is 389 g/mol. The van der Waals surface area contributed by atoms with Gasteiger partial charge in [0.25, 0.3) is 0 Å². The summed E-state index contributed by atoms with van der Waals surface area (Å²) in [6, 6.07) is 7.95. The van der Waals surface area contributed by atoms with Crippen LogP contribution in [0, 0.1) is 5.92 Å². The molecule has 28 heavy (non-hydrogen) atoms. The molecular weight excluding hydrogens is 358 g/mol. The Kier molecular flexibility index (Phi) is 6.44. The van der Waals surface area contributed by atoms with Crippen LogP contribution < -0.4 is 10.2 Å². The zero-order valence-electron chi connectivity index (χ0n) is 17.1. The molecule has 0 atom stereocenters. The highest BCUT2D eigenvalue weighted by molar-refractivity contribution is 5.92. The van der Waals surface area contributed by atoms with Gasteiger partial charge in [-0.05, 0) is 57.9 Å². The highest BCUT2D eigenvalue weighted by Crippen LogP contribution is 2.23. The maximum Gasteiger partial charge on any atom is 0.410 e. The number of piperidine rings is 1. The van der Waals surface area contributed by atoms with Crippen LogP contribution in [-0.2, 0) is 14.3 Å². The predicted molar refractivity (Wildman–Crippen MR) is 109 cm³/mol. The van der Waals surface area contributed by atoms with E-state index in [4.69, 9.17) is 9.47 Å². The van der Waals surface area contributed by atoms with Crippen molar-refractivity contribution in [1.82, 2.24) is 4.90 Å². The molecule has 1 N–H and O–H groups in total. The van der Waals surface area contributed by atoms with Crippen LogP contribution in [-0.4, -0.2) is 61.9 Å². The first-order valence-corrected chi connectivity index (χ1v) is 10.0. The Bertz CT molecular complexity index is 670. The lowest BCUT2D eigenvalue weighted by Crippen LogP contribution is -2.43. The average Bonchev–Trinajstić information content (AvgIpc) is 2.68. The number of hydrogen-bond acceptors (Lipinski definition) is 5. The van der Waals surface area contributed by atoms with Gasteiger partial charge in [-0.15, -0.1) is 0 Å². The highest BCUT2D eigenvalue weighted by atomic mass is 16.6. The molecule has 2 amide bonds. The van der Waals surface area contributed by atoms with Gasteiger partial charge < -0.3 is 24.6 Å². The van der Waals surface area contributed by atoms with Crippen molar-refractivity contribution in [3.05, 3.63) is 24.3 Å². The summed E-state index contributed by atoms with van der Waals surface area (Å²) in [5, 5.41) is 3.01. The summed E-state index contributed by atoms with van der Waals surface area (Å²) in [6.07, 6.45) is 0.999. The minimum Gasteiger partial charge on any atom is -0.444 e. The largest absolute Gasteiger partial charge is 0.444 e. The summed E-state index contributed by atoms with van der Waals surface area (Å²) < 4.78 is 10.8. The maximum absolute atomic E-state index is 12.6.